The number of aliphatic carboxylic acids is 1. The first-order valence-electron chi connectivity index (χ1n) is 12.5. The number of carbonyl (C=O) groups is 2. The molecular weight excluding hydrogens is 626 g/mol. The lowest BCUT2D eigenvalue weighted by atomic mass is 10.0. The van der Waals surface area contributed by atoms with E-state index < -0.39 is 50.9 Å². The molecule has 0 aliphatic rings. The lowest BCUT2D eigenvalue weighted by molar-refractivity contribution is -0.138. The maximum atomic E-state index is 15.1. The van der Waals surface area contributed by atoms with Crippen LogP contribution in [0.1, 0.15) is 26.3 Å². The van der Waals surface area contributed by atoms with Crippen molar-refractivity contribution >= 4 is 51.0 Å². The topological polar surface area (TPSA) is 161 Å². The highest BCUT2D eigenvalue weighted by Crippen LogP contribution is 2.30. The van der Waals surface area contributed by atoms with Crippen molar-refractivity contribution in [3.63, 3.8) is 0 Å². The number of sulfonamides is 1. The first-order chi connectivity index (χ1) is 20.1. The van der Waals surface area contributed by atoms with E-state index in [0.717, 1.165) is 6.07 Å². The first-order valence-corrected chi connectivity index (χ1v) is 14.8. The molecule has 11 nitrogen and oxygen atoms in total. The normalized spacial score (nSPS) is 12.5. The summed E-state index contributed by atoms with van der Waals surface area (Å²) in [5, 5.41) is 15.7. The van der Waals surface area contributed by atoms with Crippen molar-refractivity contribution in [2.45, 2.75) is 43.7 Å². The van der Waals surface area contributed by atoms with Crippen LogP contribution in [0, 0.1) is 5.82 Å². The quantitative estimate of drug-likeness (QED) is 0.192. The molecule has 1 aromatic heterocycles. The Kier molecular flexibility index (Phi) is 9.40. The minimum Gasteiger partial charge on any atom is -0.480 e. The van der Waals surface area contributed by atoms with Crippen LogP contribution < -0.4 is 10.0 Å². The van der Waals surface area contributed by atoms with Crippen molar-refractivity contribution in [3.05, 3.63) is 82.1 Å². The predicted octanol–water partition coefficient (Wildman–Crippen LogP) is 6.17. The number of ether oxygens (including phenoxy) is 1. The van der Waals surface area contributed by atoms with Crippen LogP contribution in [0.3, 0.4) is 0 Å². The largest absolute Gasteiger partial charge is 0.480 e. The number of carboxylic acids is 1. The highest BCUT2D eigenvalue weighted by Gasteiger charge is 2.29. The van der Waals surface area contributed by atoms with Crippen molar-refractivity contribution in [2.75, 3.05) is 5.32 Å². The molecule has 0 aliphatic carbocycles. The molecule has 43 heavy (non-hydrogen) atoms. The number of nitrogens with one attached hydrogen (secondary N) is 2. The number of aromatic nitrogens is 2. The standard InChI is InChI=1S/C28H25Cl2FN4O7S/c1-28(2,3)41-27(38)32-17-10-8-16(9-11-17)25-33-24(34-42-25)18-12-7-15(13-21(18)31)14-22(26(36)37)35-43(39,40)23-19(29)5-4-6-20(23)30/h4-13,22,35H,14H2,1-3H3,(H,32,38)(H,36,37). The lowest BCUT2D eigenvalue weighted by Crippen LogP contribution is -2.42. The fraction of sp³-hybridized carbons (Fsp3) is 0.214. The highest BCUT2D eigenvalue weighted by atomic mass is 35.5. The predicted molar refractivity (Wildman–Crippen MR) is 157 cm³/mol. The van der Waals surface area contributed by atoms with Gasteiger partial charge in [0, 0.05) is 11.3 Å². The Hall–Kier alpha value is -4.04. The third-order valence-corrected chi connectivity index (χ3v) is 8.13. The monoisotopic (exact) mass is 650 g/mol. The molecule has 0 bridgehead atoms. The van der Waals surface area contributed by atoms with Gasteiger partial charge in [-0.05, 0) is 81.3 Å². The summed E-state index contributed by atoms with van der Waals surface area (Å²) in [4.78, 5) is 27.6. The number of amides is 1. The Bertz CT molecular complexity index is 1750. The second-order valence-electron chi connectivity index (χ2n) is 10.2. The first kappa shape index (κ1) is 31.9. The second kappa shape index (κ2) is 12.7. The molecule has 1 unspecified atom stereocenters. The van der Waals surface area contributed by atoms with Gasteiger partial charge in [0.2, 0.25) is 15.8 Å². The molecule has 1 heterocycles. The van der Waals surface area contributed by atoms with E-state index in [2.05, 4.69) is 20.2 Å². The summed E-state index contributed by atoms with van der Waals surface area (Å²) in [6, 6.07) is 12.6. The van der Waals surface area contributed by atoms with Crippen molar-refractivity contribution in [1.82, 2.24) is 14.9 Å². The molecule has 4 rings (SSSR count). The summed E-state index contributed by atoms with van der Waals surface area (Å²) in [5.74, 6) is -2.27. The lowest BCUT2D eigenvalue weighted by Gasteiger charge is -2.19. The van der Waals surface area contributed by atoms with Gasteiger partial charge in [-0.25, -0.2) is 17.6 Å². The smallest absolute Gasteiger partial charge is 0.412 e. The number of hydrogen-bond acceptors (Lipinski definition) is 8. The summed E-state index contributed by atoms with van der Waals surface area (Å²) < 4.78 is 53.4. The summed E-state index contributed by atoms with van der Waals surface area (Å²) in [7, 11) is -4.43. The molecule has 1 amide bonds. The average Bonchev–Trinajstić information content (AvgIpc) is 3.37. The third-order valence-electron chi connectivity index (χ3n) is 5.70. The number of carbonyl (C=O) groups excluding carboxylic acids is 1. The molecule has 0 aliphatic heterocycles. The van der Waals surface area contributed by atoms with E-state index in [1.54, 1.807) is 45.0 Å². The minimum absolute atomic E-state index is 0.0303. The average molecular weight is 652 g/mol. The minimum atomic E-state index is -4.43. The Morgan fingerprint density at radius 1 is 1.07 bits per heavy atom. The number of nitrogens with zero attached hydrogens (tertiary/aromatic N) is 2. The zero-order chi connectivity index (χ0) is 31.5. The van der Waals surface area contributed by atoms with Crippen LogP contribution in [0.2, 0.25) is 10.0 Å². The van der Waals surface area contributed by atoms with Gasteiger partial charge in [-0.1, -0.05) is 40.5 Å². The van der Waals surface area contributed by atoms with Crippen LogP contribution in [0.4, 0.5) is 14.9 Å². The zero-order valence-corrected chi connectivity index (χ0v) is 25.2. The van der Waals surface area contributed by atoms with Gasteiger partial charge in [0.05, 0.1) is 15.6 Å². The number of benzene rings is 3. The summed E-state index contributed by atoms with van der Waals surface area (Å²) in [6.45, 7) is 5.24. The van der Waals surface area contributed by atoms with Gasteiger partial charge in [-0.15, -0.1) is 0 Å². The zero-order valence-electron chi connectivity index (χ0n) is 22.9. The van der Waals surface area contributed by atoms with Gasteiger partial charge in [-0.2, -0.15) is 9.71 Å². The van der Waals surface area contributed by atoms with E-state index >= 15 is 4.39 Å². The second-order valence-corrected chi connectivity index (χ2v) is 12.7. The third kappa shape index (κ3) is 8.08. The number of rotatable bonds is 9. The Morgan fingerprint density at radius 3 is 2.30 bits per heavy atom. The Labute approximate surface area is 256 Å². The van der Waals surface area contributed by atoms with Crippen LogP contribution in [0.5, 0.6) is 0 Å². The van der Waals surface area contributed by atoms with Crippen LogP contribution in [-0.2, 0) is 26.0 Å². The van der Waals surface area contributed by atoms with Gasteiger partial charge in [0.25, 0.3) is 5.89 Å². The van der Waals surface area contributed by atoms with E-state index in [-0.39, 0.29) is 32.9 Å². The fourth-order valence-corrected chi connectivity index (χ4v) is 6.17. The fourth-order valence-electron chi connectivity index (χ4n) is 3.84. The van der Waals surface area contributed by atoms with E-state index in [4.69, 9.17) is 32.5 Å². The van der Waals surface area contributed by atoms with Crippen molar-refractivity contribution in [2.24, 2.45) is 0 Å². The van der Waals surface area contributed by atoms with Crippen LogP contribution in [0.25, 0.3) is 22.8 Å². The summed E-state index contributed by atoms with van der Waals surface area (Å²) >= 11 is 12.0. The van der Waals surface area contributed by atoms with Gasteiger partial charge in [0.1, 0.15) is 22.4 Å². The number of halogens is 3. The van der Waals surface area contributed by atoms with Gasteiger partial charge in [-0.3, -0.25) is 10.1 Å². The molecule has 0 fully saturated rings. The maximum Gasteiger partial charge on any atom is 0.412 e. The van der Waals surface area contributed by atoms with E-state index in [1.165, 1.54) is 30.3 Å². The maximum absolute atomic E-state index is 15.1. The molecule has 4 aromatic rings. The van der Waals surface area contributed by atoms with Gasteiger partial charge >= 0.3 is 12.1 Å². The Balaban J connectivity index is 1.47. The SMILES string of the molecule is CC(C)(C)OC(=O)Nc1ccc(-c2nc(-c3ccc(CC(NS(=O)(=O)c4c(Cl)cccc4Cl)C(=O)O)cc3F)no2)cc1. The van der Waals surface area contributed by atoms with Gasteiger partial charge in [0.15, 0.2) is 0 Å². The van der Waals surface area contributed by atoms with Crippen molar-refractivity contribution in [3.8, 4) is 22.8 Å². The van der Waals surface area contributed by atoms with Crippen LogP contribution in [-0.4, -0.2) is 47.4 Å². The van der Waals surface area contributed by atoms with Gasteiger partial charge < -0.3 is 14.4 Å². The molecule has 0 saturated carbocycles. The number of carboxylic acid groups (broad SMARTS) is 1. The van der Waals surface area contributed by atoms with Crippen LogP contribution >= 0.6 is 23.2 Å². The molecule has 0 radical (unpaired) electrons. The molecule has 0 saturated heterocycles. The summed E-state index contributed by atoms with van der Waals surface area (Å²) in [5.41, 5.74) is 0.465. The van der Waals surface area contributed by atoms with Crippen molar-refractivity contribution < 1.29 is 36.8 Å². The molecular formula is C28H25Cl2FN4O7S. The molecule has 3 aromatic carbocycles. The highest BCUT2D eigenvalue weighted by molar-refractivity contribution is 7.89. The number of hydrogen-bond donors (Lipinski definition) is 3. The summed E-state index contributed by atoms with van der Waals surface area (Å²) in [6.07, 6.45) is -1.01. The molecule has 3 N–H and O–H groups in total. The molecule has 0 spiro atoms. The molecule has 15 heteroatoms. The number of anilines is 1. The van der Waals surface area contributed by atoms with E-state index in [0.29, 0.717) is 11.3 Å². The van der Waals surface area contributed by atoms with Crippen LogP contribution in [0.15, 0.2) is 70.1 Å². The van der Waals surface area contributed by atoms with Crippen molar-refractivity contribution in [1.29, 1.82) is 0 Å². The Morgan fingerprint density at radius 2 is 1.72 bits per heavy atom. The van der Waals surface area contributed by atoms with E-state index in [9.17, 15) is 23.1 Å². The molecule has 1 atom stereocenters. The van der Waals surface area contributed by atoms with E-state index in [1.807, 2.05) is 0 Å². The molecule has 226 valence electrons.